The van der Waals surface area contributed by atoms with Crippen molar-refractivity contribution >= 4 is 12.0 Å². The van der Waals surface area contributed by atoms with E-state index >= 15 is 0 Å². The molecule has 1 fully saturated rings. The fraction of sp³-hybridized carbons (Fsp3) is 0.364. The normalized spacial score (nSPS) is 19.0. The first-order valence-corrected chi connectivity index (χ1v) is 9.25. The van der Waals surface area contributed by atoms with E-state index < -0.39 is 24.0 Å². The van der Waals surface area contributed by atoms with Crippen molar-refractivity contribution in [3.05, 3.63) is 71.8 Å². The Kier molecular flexibility index (Phi) is 5.91. The molecule has 5 nitrogen and oxygen atoms in total. The molecule has 0 radical (unpaired) electrons. The summed E-state index contributed by atoms with van der Waals surface area (Å²) >= 11 is 0. The highest BCUT2D eigenvalue weighted by Crippen LogP contribution is 2.30. The second-order valence-electron chi connectivity index (χ2n) is 7.25. The van der Waals surface area contributed by atoms with Gasteiger partial charge >= 0.3 is 6.09 Å². The minimum absolute atomic E-state index is 0.0756. The molecule has 2 aromatic rings. The third kappa shape index (κ3) is 4.19. The van der Waals surface area contributed by atoms with Crippen LogP contribution in [-0.2, 0) is 16.0 Å². The number of benzene rings is 2. The standard InChI is InChI=1S/C22H25NO4/c1-15(2)19-14-27-22(26)23(19)21(25)18(13-16-9-5-3-6-10-16)20(24)17-11-7-4-8-12-17/h3-12,15,18-20,24H,13-14H2,1-2H3/t18-,19-,20-/m1/s1. The van der Waals surface area contributed by atoms with E-state index in [-0.39, 0.29) is 18.6 Å². The molecule has 0 saturated carbocycles. The molecule has 1 N–H and O–H groups in total. The van der Waals surface area contributed by atoms with E-state index in [2.05, 4.69) is 0 Å². The third-order valence-electron chi connectivity index (χ3n) is 5.05. The van der Waals surface area contributed by atoms with Crippen LogP contribution < -0.4 is 0 Å². The lowest BCUT2D eigenvalue weighted by molar-refractivity contribution is -0.138. The van der Waals surface area contributed by atoms with Crippen LogP contribution in [-0.4, -0.2) is 34.7 Å². The van der Waals surface area contributed by atoms with Gasteiger partial charge in [0.15, 0.2) is 0 Å². The van der Waals surface area contributed by atoms with Crippen LogP contribution in [0.3, 0.4) is 0 Å². The number of cyclic esters (lactones) is 1. The summed E-state index contributed by atoms with van der Waals surface area (Å²) in [5, 5.41) is 11.0. The summed E-state index contributed by atoms with van der Waals surface area (Å²) < 4.78 is 5.13. The topological polar surface area (TPSA) is 66.8 Å². The zero-order valence-corrected chi connectivity index (χ0v) is 15.6. The van der Waals surface area contributed by atoms with Gasteiger partial charge in [-0.25, -0.2) is 9.69 Å². The number of hydrogen-bond acceptors (Lipinski definition) is 4. The number of ether oxygens (including phenoxy) is 1. The number of nitrogens with zero attached hydrogens (tertiary/aromatic N) is 1. The van der Waals surface area contributed by atoms with E-state index in [1.807, 2.05) is 62.4 Å². The maximum atomic E-state index is 13.4. The van der Waals surface area contributed by atoms with Gasteiger partial charge in [-0.3, -0.25) is 4.79 Å². The molecule has 0 bridgehead atoms. The molecule has 0 unspecified atom stereocenters. The second-order valence-corrected chi connectivity index (χ2v) is 7.25. The second kappa shape index (κ2) is 8.35. The number of imide groups is 1. The van der Waals surface area contributed by atoms with Gasteiger partial charge < -0.3 is 9.84 Å². The van der Waals surface area contributed by atoms with Gasteiger partial charge in [0.2, 0.25) is 5.91 Å². The summed E-state index contributed by atoms with van der Waals surface area (Å²) in [6.07, 6.45) is -1.30. The lowest BCUT2D eigenvalue weighted by atomic mass is 9.88. The van der Waals surface area contributed by atoms with Crippen molar-refractivity contribution in [3.8, 4) is 0 Å². The summed E-state index contributed by atoms with van der Waals surface area (Å²) in [5.41, 5.74) is 1.58. The highest BCUT2D eigenvalue weighted by Gasteiger charge is 2.44. The van der Waals surface area contributed by atoms with Gasteiger partial charge in [0.05, 0.1) is 18.1 Å². The Morgan fingerprint density at radius 3 is 2.30 bits per heavy atom. The highest BCUT2D eigenvalue weighted by atomic mass is 16.6. The van der Waals surface area contributed by atoms with Gasteiger partial charge in [-0.1, -0.05) is 74.5 Å². The Morgan fingerprint density at radius 2 is 1.70 bits per heavy atom. The molecule has 3 atom stereocenters. The molecule has 142 valence electrons. The van der Waals surface area contributed by atoms with Crippen LogP contribution in [0.15, 0.2) is 60.7 Å². The molecule has 1 heterocycles. The van der Waals surface area contributed by atoms with Crippen LogP contribution in [0.2, 0.25) is 0 Å². The Hall–Kier alpha value is -2.66. The van der Waals surface area contributed by atoms with E-state index in [0.717, 1.165) is 5.56 Å². The Bertz CT molecular complexity index is 775. The van der Waals surface area contributed by atoms with Crippen LogP contribution in [0, 0.1) is 11.8 Å². The fourth-order valence-corrected chi connectivity index (χ4v) is 3.44. The summed E-state index contributed by atoms with van der Waals surface area (Å²) in [7, 11) is 0. The van der Waals surface area contributed by atoms with Gasteiger partial charge in [-0.2, -0.15) is 0 Å². The molecule has 0 aromatic heterocycles. The van der Waals surface area contributed by atoms with Crippen LogP contribution in [0.4, 0.5) is 4.79 Å². The first-order valence-electron chi connectivity index (χ1n) is 9.25. The summed E-state index contributed by atoms with van der Waals surface area (Å²) in [4.78, 5) is 26.8. The largest absolute Gasteiger partial charge is 0.447 e. The van der Waals surface area contributed by atoms with E-state index in [0.29, 0.717) is 12.0 Å². The Morgan fingerprint density at radius 1 is 1.11 bits per heavy atom. The molecular formula is C22H25NO4. The number of carbonyl (C=O) groups is 2. The van der Waals surface area contributed by atoms with E-state index in [1.54, 1.807) is 12.1 Å². The average molecular weight is 367 g/mol. The van der Waals surface area contributed by atoms with Crippen molar-refractivity contribution in [3.63, 3.8) is 0 Å². The molecule has 27 heavy (non-hydrogen) atoms. The highest BCUT2D eigenvalue weighted by molar-refractivity contribution is 5.95. The van der Waals surface area contributed by atoms with Crippen molar-refractivity contribution in [1.29, 1.82) is 0 Å². The molecule has 0 aliphatic carbocycles. The monoisotopic (exact) mass is 367 g/mol. The van der Waals surface area contributed by atoms with Gasteiger partial charge in [-0.05, 0) is 23.5 Å². The number of aliphatic hydroxyl groups is 1. The third-order valence-corrected chi connectivity index (χ3v) is 5.05. The first-order chi connectivity index (χ1) is 13.0. The minimum atomic E-state index is -1.01. The maximum absolute atomic E-state index is 13.4. The molecule has 0 spiro atoms. The number of hydrogen-bond donors (Lipinski definition) is 1. The van der Waals surface area contributed by atoms with Crippen LogP contribution in [0.25, 0.3) is 0 Å². The predicted molar refractivity (Wildman–Crippen MR) is 102 cm³/mol. The first kappa shape index (κ1) is 19.1. The van der Waals surface area contributed by atoms with E-state index in [1.165, 1.54) is 4.90 Å². The van der Waals surface area contributed by atoms with Crippen molar-refractivity contribution in [2.75, 3.05) is 6.61 Å². The van der Waals surface area contributed by atoms with Crippen LogP contribution in [0.5, 0.6) is 0 Å². The molecular weight excluding hydrogens is 342 g/mol. The smallest absolute Gasteiger partial charge is 0.416 e. The van der Waals surface area contributed by atoms with Gasteiger partial charge in [0.25, 0.3) is 0 Å². The molecule has 1 saturated heterocycles. The number of carbonyl (C=O) groups excluding carboxylic acids is 2. The lowest BCUT2D eigenvalue weighted by Gasteiger charge is -2.29. The number of amides is 2. The number of aliphatic hydroxyl groups excluding tert-OH is 1. The average Bonchev–Trinajstić information content (AvgIpc) is 3.08. The quantitative estimate of drug-likeness (QED) is 0.847. The molecule has 3 rings (SSSR count). The predicted octanol–water partition coefficient (Wildman–Crippen LogP) is 3.58. The van der Waals surface area contributed by atoms with E-state index in [4.69, 9.17) is 4.74 Å². The molecule has 1 aliphatic heterocycles. The molecule has 2 amide bonds. The van der Waals surface area contributed by atoms with Crippen LogP contribution in [0.1, 0.15) is 31.1 Å². The van der Waals surface area contributed by atoms with E-state index in [9.17, 15) is 14.7 Å². The van der Waals surface area contributed by atoms with Gasteiger partial charge in [0, 0.05) is 0 Å². The molecule has 1 aliphatic rings. The SMILES string of the molecule is CC(C)[C@H]1COC(=O)N1C(=O)[C@H](Cc1ccccc1)[C@H](O)c1ccccc1. The van der Waals surface area contributed by atoms with Crippen molar-refractivity contribution < 1.29 is 19.4 Å². The van der Waals surface area contributed by atoms with Gasteiger partial charge in [-0.15, -0.1) is 0 Å². The van der Waals surface area contributed by atoms with Crippen molar-refractivity contribution in [1.82, 2.24) is 4.90 Å². The lowest BCUT2D eigenvalue weighted by Crippen LogP contribution is -2.46. The maximum Gasteiger partial charge on any atom is 0.416 e. The fourth-order valence-electron chi connectivity index (χ4n) is 3.44. The Labute approximate surface area is 159 Å². The zero-order chi connectivity index (χ0) is 19.4. The zero-order valence-electron chi connectivity index (χ0n) is 15.6. The van der Waals surface area contributed by atoms with Crippen molar-refractivity contribution in [2.24, 2.45) is 11.8 Å². The van der Waals surface area contributed by atoms with Crippen molar-refractivity contribution in [2.45, 2.75) is 32.4 Å². The van der Waals surface area contributed by atoms with Gasteiger partial charge in [0.1, 0.15) is 6.61 Å². The summed E-state index contributed by atoms with van der Waals surface area (Å²) in [6, 6.07) is 18.3. The molecule has 5 heteroatoms. The Balaban J connectivity index is 1.93. The molecule has 2 aromatic carbocycles. The summed E-state index contributed by atoms with van der Waals surface area (Å²) in [6.45, 7) is 4.10. The number of rotatable bonds is 6. The summed E-state index contributed by atoms with van der Waals surface area (Å²) in [5.74, 6) is -1.09. The van der Waals surface area contributed by atoms with Crippen LogP contribution >= 0.6 is 0 Å². The minimum Gasteiger partial charge on any atom is -0.447 e.